The van der Waals surface area contributed by atoms with Gasteiger partial charge in [0, 0.05) is 11.1 Å². The van der Waals surface area contributed by atoms with E-state index in [4.69, 9.17) is 0 Å². The summed E-state index contributed by atoms with van der Waals surface area (Å²) in [6.45, 7) is 5.27. The zero-order chi connectivity index (χ0) is 9.97. The smallest absolute Gasteiger partial charge is 0.0752 e. The minimum atomic E-state index is 0.562. The fraction of sp³-hybridized carbons (Fsp3) is 0.364. The Morgan fingerprint density at radius 2 is 2.36 bits per heavy atom. The van der Waals surface area contributed by atoms with E-state index in [-0.39, 0.29) is 0 Å². The first-order valence-electron chi connectivity index (χ1n) is 4.80. The van der Waals surface area contributed by atoms with Crippen molar-refractivity contribution in [1.82, 2.24) is 9.78 Å². The molecule has 3 heteroatoms. The van der Waals surface area contributed by atoms with E-state index in [0.29, 0.717) is 5.92 Å². The number of hydrogen-bond acceptors (Lipinski definition) is 2. The van der Waals surface area contributed by atoms with E-state index in [0.717, 1.165) is 6.54 Å². The summed E-state index contributed by atoms with van der Waals surface area (Å²) in [4.78, 5) is 1.35. The highest BCUT2D eigenvalue weighted by molar-refractivity contribution is 7.09. The average molecular weight is 206 g/mol. The van der Waals surface area contributed by atoms with E-state index in [1.54, 1.807) is 11.3 Å². The number of nitrogens with zero attached hydrogens (tertiary/aromatic N) is 2. The molecule has 14 heavy (non-hydrogen) atoms. The van der Waals surface area contributed by atoms with Crippen molar-refractivity contribution in [3.05, 3.63) is 40.3 Å². The Balaban J connectivity index is 2.11. The molecule has 0 radical (unpaired) electrons. The molecule has 0 bridgehead atoms. The van der Waals surface area contributed by atoms with Crippen molar-refractivity contribution in [2.75, 3.05) is 0 Å². The average Bonchev–Trinajstić information content (AvgIpc) is 2.75. The molecule has 0 fully saturated rings. The van der Waals surface area contributed by atoms with Crippen LogP contribution >= 0.6 is 11.3 Å². The molecule has 0 amide bonds. The van der Waals surface area contributed by atoms with Gasteiger partial charge in [0.05, 0.1) is 12.7 Å². The van der Waals surface area contributed by atoms with Gasteiger partial charge in [0.2, 0.25) is 0 Å². The van der Waals surface area contributed by atoms with Crippen LogP contribution in [0.15, 0.2) is 29.9 Å². The van der Waals surface area contributed by atoms with E-state index in [9.17, 15) is 0 Å². The van der Waals surface area contributed by atoms with Gasteiger partial charge in [0.1, 0.15) is 0 Å². The lowest BCUT2D eigenvalue weighted by atomic mass is 10.1. The molecule has 0 saturated heterocycles. The predicted octanol–water partition coefficient (Wildman–Crippen LogP) is 3.12. The predicted molar refractivity (Wildman–Crippen MR) is 59.7 cm³/mol. The van der Waals surface area contributed by atoms with Gasteiger partial charge in [-0.3, -0.25) is 4.68 Å². The standard InChI is InChI=1S/C11H14N2S/c1-9(2)10-6-12-13(7-10)8-11-4-3-5-14-11/h3-7,9H,8H2,1-2H3. The molecule has 2 nitrogen and oxygen atoms in total. The van der Waals surface area contributed by atoms with Crippen LogP contribution in [0.2, 0.25) is 0 Å². The Bertz CT molecular complexity index is 387. The largest absolute Gasteiger partial charge is 0.267 e. The minimum absolute atomic E-state index is 0.562. The summed E-state index contributed by atoms with van der Waals surface area (Å²) >= 11 is 1.77. The number of rotatable bonds is 3. The summed E-state index contributed by atoms with van der Waals surface area (Å²) in [5.41, 5.74) is 1.31. The van der Waals surface area contributed by atoms with Crippen LogP contribution in [0.1, 0.15) is 30.2 Å². The molecule has 2 aromatic heterocycles. The van der Waals surface area contributed by atoms with Crippen molar-refractivity contribution in [3.63, 3.8) is 0 Å². The normalized spacial score (nSPS) is 11.1. The molecule has 0 unspecified atom stereocenters. The lowest BCUT2D eigenvalue weighted by molar-refractivity contribution is 0.693. The molecule has 74 valence electrons. The maximum atomic E-state index is 4.34. The fourth-order valence-electron chi connectivity index (χ4n) is 1.33. The van der Waals surface area contributed by atoms with Crippen LogP contribution < -0.4 is 0 Å². The zero-order valence-corrected chi connectivity index (χ0v) is 9.29. The molecule has 0 aliphatic rings. The molecule has 2 heterocycles. The summed E-state index contributed by atoms with van der Waals surface area (Å²) in [6.07, 6.45) is 4.09. The van der Waals surface area contributed by atoms with Crippen LogP contribution in [-0.2, 0) is 6.54 Å². The number of aromatic nitrogens is 2. The summed E-state index contributed by atoms with van der Waals surface area (Å²) < 4.78 is 2.00. The molecule has 0 atom stereocenters. The van der Waals surface area contributed by atoms with E-state index < -0.39 is 0 Å². The third-order valence-electron chi connectivity index (χ3n) is 2.22. The molecule has 0 spiro atoms. The first kappa shape index (κ1) is 9.46. The fourth-order valence-corrected chi connectivity index (χ4v) is 2.02. The Kier molecular flexibility index (Phi) is 2.68. The van der Waals surface area contributed by atoms with Crippen molar-refractivity contribution in [2.24, 2.45) is 0 Å². The zero-order valence-electron chi connectivity index (χ0n) is 8.47. The molecule has 0 saturated carbocycles. The van der Waals surface area contributed by atoms with Gasteiger partial charge in [-0.2, -0.15) is 5.10 Å². The van der Waals surface area contributed by atoms with Crippen LogP contribution in [0.4, 0.5) is 0 Å². The highest BCUT2D eigenvalue weighted by Crippen LogP contribution is 2.14. The highest BCUT2D eigenvalue weighted by atomic mass is 32.1. The molecular weight excluding hydrogens is 192 g/mol. The van der Waals surface area contributed by atoms with Crippen LogP contribution in [0.3, 0.4) is 0 Å². The second-order valence-corrected chi connectivity index (χ2v) is 4.74. The Morgan fingerprint density at radius 3 is 2.93 bits per heavy atom. The lowest BCUT2D eigenvalue weighted by Gasteiger charge is -1.99. The van der Waals surface area contributed by atoms with Gasteiger partial charge in [-0.15, -0.1) is 11.3 Å². The van der Waals surface area contributed by atoms with E-state index >= 15 is 0 Å². The molecule has 0 aliphatic carbocycles. The van der Waals surface area contributed by atoms with Crippen LogP contribution in [0, 0.1) is 0 Å². The summed E-state index contributed by atoms with van der Waals surface area (Å²) in [7, 11) is 0. The molecule has 0 aromatic carbocycles. The quantitative estimate of drug-likeness (QED) is 0.754. The van der Waals surface area contributed by atoms with Gasteiger partial charge in [-0.05, 0) is 22.9 Å². The molecule has 2 rings (SSSR count). The van der Waals surface area contributed by atoms with Crippen molar-refractivity contribution in [2.45, 2.75) is 26.3 Å². The van der Waals surface area contributed by atoms with Crippen molar-refractivity contribution >= 4 is 11.3 Å². The second-order valence-electron chi connectivity index (χ2n) is 3.71. The Morgan fingerprint density at radius 1 is 1.50 bits per heavy atom. The van der Waals surface area contributed by atoms with Crippen LogP contribution in [0.5, 0.6) is 0 Å². The van der Waals surface area contributed by atoms with E-state index in [1.807, 2.05) is 10.9 Å². The first-order chi connectivity index (χ1) is 6.75. The van der Waals surface area contributed by atoms with Gasteiger partial charge in [-0.25, -0.2) is 0 Å². The summed E-state index contributed by atoms with van der Waals surface area (Å²) in [6, 6.07) is 4.22. The number of hydrogen-bond donors (Lipinski definition) is 0. The van der Waals surface area contributed by atoms with Crippen molar-refractivity contribution in [1.29, 1.82) is 0 Å². The van der Waals surface area contributed by atoms with Crippen LogP contribution in [0.25, 0.3) is 0 Å². The van der Waals surface area contributed by atoms with Gasteiger partial charge in [0.15, 0.2) is 0 Å². The minimum Gasteiger partial charge on any atom is -0.267 e. The first-order valence-corrected chi connectivity index (χ1v) is 5.68. The summed E-state index contributed by atoms with van der Waals surface area (Å²) in [5, 5.41) is 6.44. The third-order valence-corrected chi connectivity index (χ3v) is 3.08. The SMILES string of the molecule is CC(C)c1cnn(Cc2cccs2)c1. The van der Waals surface area contributed by atoms with E-state index in [2.05, 4.69) is 42.7 Å². The Hall–Kier alpha value is -1.09. The highest BCUT2D eigenvalue weighted by Gasteiger charge is 2.03. The maximum Gasteiger partial charge on any atom is 0.0752 e. The maximum absolute atomic E-state index is 4.34. The monoisotopic (exact) mass is 206 g/mol. The molecular formula is C11H14N2S. The topological polar surface area (TPSA) is 17.8 Å². The van der Waals surface area contributed by atoms with Gasteiger partial charge in [0.25, 0.3) is 0 Å². The molecule has 0 N–H and O–H groups in total. The van der Waals surface area contributed by atoms with Gasteiger partial charge >= 0.3 is 0 Å². The van der Waals surface area contributed by atoms with E-state index in [1.165, 1.54) is 10.4 Å². The van der Waals surface area contributed by atoms with Crippen molar-refractivity contribution < 1.29 is 0 Å². The van der Waals surface area contributed by atoms with Gasteiger partial charge < -0.3 is 0 Å². The third kappa shape index (κ3) is 2.04. The summed E-state index contributed by atoms with van der Waals surface area (Å²) in [5.74, 6) is 0.562. The molecule has 2 aromatic rings. The second kappa shape index (κ2) is 3.96. The van der Waals surface area contributed by atoms with Crippen molar-refractivity contribution in [3.8, 4) is 0 Å². The van der Waals surface area contributed by atoms with Gasteiger partial charge in [-0.1, -0.05) is 19.9 Å². The molecule has 0 aliphatic heterocycles. The Labute approximate surface area is 88.2 Å². The lowest BCUT2D eigenvalue weighted by Crippen LogP contribution is -1.97. The number of thiophene rings is 1. The van der Waals surface area contributed by atoms with Crippen LogP contribution in [-0.4, -0.2) is 9.78 Å².